The Hall–Kier alpha value is -1.72. The van der Waals surface area contributed by atoms with Crippen LogP contribution in [0.2, 0.25) is 0 Å². The van der Waals surface area contributed by atoms with Crippen molar-refractivity contribution in [3.05, 3.63) is 0 Å². The first-order valence-electron chi connectivity index (χ1n) is 3.43. The maximum absolute atomic E-state index is 10.7. The average Bonchev–Trinajstić information content (AvgIpc) is 2.00. The summed E-state index contributed by atoms with van der Waals surface area (Å²) in [5.74, 6) is -4.72. The SMILES string of the molecule is O=C(O)CCC(=O)CC(=O)C(=O)O. The maximum atomic E-state index is 10.7. The lowest BCUT2D eigenvalue weighted by molar-refractivity contribution is -0.150. The van der Waals surface area contributed by atoms with Gasteiger partial charge in [0, 0.05) is 6.42 Å². The zero-order valence-electron chi connectivity index (χ0n) is 6.65. The van der Waals surface area contributed by atoms with Crippen LogP contribution in [0.3, 0.4) is 0 Å². The largest absolute Gasteiger partial charge is 0.481 e. The quantitative estimate of drug-likeness (QED) is 0.428. The third-order valence-corrected chi connectivity index (χ3v) is 1.21. The minimum absolute atomic E-state index is 0.311. The number of hydrogen-bond acceptors (Lipinski definition) is 4. The van der Waals surface area contributed by atoms with E-state index in [2.05, 4.69) is 0 Å². The van der Waals surface area contributed by atoms with Gasteiger partial charge in [0.25, 0.3) is 0 Å². The summed E-state index contributed by atoms with van der Waals surface area (Å²) in [5, 5.41) is 16.2. The zero-order chi connectivity index (χ0) is 10.4. The first kappa shape index (κ1) is 11.3. The Morgan fingerprint density at radius 1 is 0.923 bits per heavy atom. The van der Waals surface area contributed by atoms with Gasteiger partial charge in [-0.2, -0.15) is 0 Å². The Bertz CT molecular complexity index is 254. The molecule has 0 saturated carbocycles. The van der Waals surface area contributed by atoms with Crippen molar-refractivity contribution in [3.8, 4) is 0 Å². The Kier molecular flexibility index (Phi) is 4.36. The Labute approximate surface area is 73.2 Å². The first-order valence-corrected chi connectivity index (χ1v) is 3.43. The van der Waals surface area contributed by atoms with Crippen molar-refractivity contribution in [1.29, 1.82) is 0 Å². The summed E-state index contributed by atoms with van der Waals surface area (Å²) in [6.45, 7) is 0. The van der Waals surface area contributed by atoms with E-state index < -0.39 is 29.9 Å². The summed E-state index contributed by atoms with van der Waals surface area (Å²) in [6, 6.07) is 0. The normalized spacial score (nSPS) is 9.23. The summed E-state index contributed by atoms with van der Waals surface area (Å²) in [5.41, 5.74) is 0. The standard InChI is InChI=1S/C7H8O6/c8-4(1-2-6(10)11)3-5(9)7(12)13/h1-3H2,(H,10,11)(H,12,13). The fraction of sp³-hybridized carbons (Fsp3) is 0.429. The van der Waals surface area contributed by atoms with Crippen LogP contribution in [-0.4, -0.2) is 33.7 Å². The number of hydrogen-bond donors (Lipinski definition) is 2. The van der Waals surface area contributed by atoms with Gasteiger partial charge in [-0.15, -0.1) is 0 Å². The Morgan fingerprint density at radius 3 is 1.85 bits per heavy atom. The van der Waals surface area contributed by atoms with Crippen LogP contribution in [0.1, 0.15) is 19.3 Å². The fourth-order valence-corrected chi connectivity index (χ4v) is 0.589. The van der Waals surface area contributed by atoms with E-state index in [1.807, 2.05) is 0 Å². The molecule has 0 amide bonds. The molecule has 0 unspecified atom stereocenters. The second-order valence-corrected chi connectivity index (χ2v) is 2.34. The van der Waals surface area contributed by atoms with Gasteiger partial charge in [-0.1, -0.05) is 0 Å². The van der Waals surface area contributed by atoms with E-state index in [1.165, 1.54) is 0 Å². The van der Waals surface area contributed by atoms with Crippen LogP contribution in [0, 0.1) is 0 Å². The molecule has 0 spiro atoms. The molecule has 0 atom stereocenters. The molecule has 0 radical (unpaired) electrons. The van der Waals surface area contributed by atoms with Gasteiger partial charge in [-0.25, -0.2) is 4.79 Å². The number of aliphatic carboxylic acids is 2. The van der Waals surface area contributed by atoms with Crippen LogP contribution in [0.25, 0.3) is 0 Å². The second-order valence-electron chi connectivity index (χ2n) is 2.34. The van der Waals surface area contributed by atoms with Gasteiger partial charge >= 0.3 is 11.9 Å². The average molecular weight is 188 g/mol. The molecule has 0 aromatic carbocycles. The number of carbonyl (C=O) groups is 4. The summed E-state index contributed by atoms with van der Waals surface area (Å²) in [4.78, 5) is 41.1. The monoisotopic (exact) mass is 188 g/mol. The molecule has 6 heteroatoms. The highest BCUT2D eigenvalue weighted by molar-refractivity contribution is 6.36. The Balaban J connectivity index is 3.82. The van der Waals surface area contributed by atoms with Crippen LogP contribution < -0.4 is 0 Å². The van der Waals surface area contributed by atoms with E-state index in [-0.39, 0.29) is 12.8 Å². The van der Waals surface area contributed by atoms with Crippen LogP contribution in [0.15, 0.2) is 0 Å². The van der Waals surface area contributed by atoms with Crippen LogP contribution >= 0.6 is 0 Å². The van der Waals surface area contributed by atoms with Crippen molar-refractivity contribution < 1.29 is 29.4 Å². The topological polar surface area (TPSA) is 109 Å². The lowest BCUT2D eigenvalue weighted by atomic mass is 10.1. The van der Waals surface area contributed by atoms with Gasteiger partial charge < -0.3 is 10.2 Å². The zero-order valence-corrected chi connectivity index (χ0v) is 6.65. The number of carboxylic acids is 2. The molecule has 0 saturated heterocycles. The summed E-state index contributed by atoms with van der Waals surface area (Å²) >= 11 is 0. The molecule has 0 aromatic rings. The fourth-order valence-electron chi connectivity index (χ4n) is 0.589. The molecule has 0 aliphatic carbocycles. The molecule has 0 aliphatic rings. The van der Waals surface area contributed by atoms with Crippen molar-refractivity contribution in [1.82, 2.24) is 0 Å². The van der Waals surface area contributed by atoms with Crippen LogP contribution in [0.5, 0.6) is 0 Å². The first-order chi connectivity index (χ1) is 5.93. The van der Waals surface area contributed by atoms with E-state index in [0.717, 1.165) is 0 Å². The van der Waals surface area contributed by atoms with Gasteiger partial charge in [0.05, 0.1) is 12.8 Å². The number of ketones is 2. The van der Waals surface area contributed by atoms with Crippen molar-refractivity contribution in [2.45, 2.75) is 19.3 Å². The molecule has 6 nitrogen and oxygen atoms in total. The number of rotatable bonds is 6. The van der Waals surface area contributed by atoms with Crippen molar-refractivity contribution >= 4 is 23.5 Å². The highest BCUT2D eigenvalue weighted by Crippen LogP contribution is 1.96. The molecular weight excluding hydrogens is 180 g/mol. The second kappa shape index (κ2) is 5.02. The Morgan fingerprint density at radius 2 is 1.46 bits per heavy atom. The highest BCUT2D eigenvalue weighted by atomic mass is 16.4. The molecule has 0 fully saturated rings. The molecule has 0 heterocycles. The van der Waals surface area contributed by atoms with Crippen LogP contribution in [0.4, 0.5) is 0 Å². The minimum atomic E-state index is -1.68. The van der Waals surface area contributed by atoms with Gasteiger partial charge in [-0.05, 0) is 0 Å². The third-order valence-electron chi connectivity index (χ3n) is 1.21. The molecular formula is C7H8O6. The molecule has 0 aromatic heterocycles. The van der Waals surface area contributed by atoms with Crippen molar-refractivity contribution in [2.24, 2.45) is 0 Å². The van der Waals surface area contributed by atoms with E-state index >= 15 is 0 Å². The lowest BCUT2D eigenvalue weighted by Gasteiger charge is -1.94. The lowest BCUT2D eigenvalue weighted by Crippen LogP contribution is -2.17. The highest BCUT2D eigenvalue weighted by Gasteiger charge is 2.16. The number of carboxylic acid groups (broad SMARTS) is 2. The molecule has 0 rings (SSSR count). The van der Waals surface area contributed by atoms with E-state index in [9.17, 15) is 19.2 Å². The summed E-state index contributed by atoms with van der Waals surface area (Å²) in [6.07, 6.45) is -1.43. The summed E-state index contributed by atoms with van der Waals surface area (Å²) < 4.78 is 0. The van der Waals surface area contributed by atoms with Crippen molar-refractivity contribution in [2.75, 3.05) is 0 Å². The molecule has 2 N–H and O–H groups in total. The number of carbonyl (C=O) groups excluding carboxylic acids is 2. The maximum Gasteiger partial charge on any atom is 0.372 e. The molecule has 0 bridgehead atoms. The van der Waals surface area contributed by atoms with Gasteiger partial charge in [0.2, 0.25) is 5.78 Å². The van der Waals surface area contributed by atoms with E-state index in [4.69, 9.17) is 10.2 Å². The smallest absolute Gasteiger partial charge is 0.372 e. The van der Waals surface area contributed by atoms with Gasteiger partial charge in [-0.3, -0.25) is 14.4 Å². The van der Waals surface area contributed by atoms with E-state index in [0.29, 0.717) is 0 Å². The van der Waals surface area contributed by atoms with Crippen molar-refractivity contribution in [3.63, 3.8) is 0 Å². The third kappa shape index (κ3) is 5.54. The predicted molar refractivity (Wildman–Crippen MR) is 39.1 cm³/mol. The van der Waals surface area contributed by atoms with Crippen LogP contribution in [-0.2, 0) is 19.2 Å². The summed E-state index contributed by atoms with van der Waals surface area (Å²) in [7, 11) is 0. The predicted octanol–water partition coefficient (Wildman–Crippen LogP) is -0.536. The van der Waals surface area contributed by atoms with Gasteiger partial charge in [0.15, 0.2) is 0 Å². The molecule has 0 aliphatic heterocycles. The molecule has 13 heavy (non-hydrogen) atoms. The van der Waals surface area contributed by atoms with Gasteiger partial charge in [0.1, 0.15) is 5.78 Å². The number of Topliss-reactive ketones (excluding diaryl/α,β-unsaturated/α-hetero) is 2. The molecule has 72 valence electrons. The minimum Gasteiger partial charge on any atom is -0.481 e. The van der Waals surface area contributed by atoms with E-state index in [1.54, 1.807) is 0 Å².